The first-order valence-corrected chi connectivity index (χ1v) is 8.62. The zero-order valence-corrected chi connectivity index (χ0v) is 10.6. The third kappa shape index (κ3) is 3.42. The molecular weight excluding hydrogens is 238 g/mol. The quantitative estimate of drug-likeness (QED) is 0.738. The predicted octanol–water partition coefficient (Wildman–Crippen LogP) is 0.540. The van der Waals surface area contributed by atoms with Crippen molar-refractivity contribution in [3.63, 3.8) is 0 Å². The van der Waals surface area contributed by atoms with E-state index in [2.05, 4.69) is 0 Å². The highest BCUT2D eigenvalue weighted by molar-refractivity contribution is 8.03. The first kappa shape index (κ1) is 12.9. The molecule has 0 N–H and O–H groups in total. The lowest BCUT2D eigenvalue weighted by atomic mass is 9.96. The minimum Gasteiger partial charge on any atom is -0.212 e. The molecule has 1 aliphatic carbocycles. The summed E-state index contributed by atoms with van der Waals surface area (Å²) in [4.78, 5) is 0. The van der Waals surface area contributed by atoms with Gasteiger partial charge in [0.25, 0.3) is 0 Å². The Morgan fingerprint density at radius 1 is 0.867 bits per heavy atom. The molecule has 1 aliphatic rings. The average molecular weight is 255 g/mol. The second-order valence-corrected chi connectivity index (χ2v) is 7.99. The van der Waals surface area contributed by atoms with Crippen LogP contribution < -0.4 is 0 Å². The molecule has 0 unspecified atom stereocenters. The Bertz CT molecular complexity index is 374. The van der Waals surface area contributed by atoms with Gasteiger partial charge in [-0.25, -0.2) is 16.8 Å². The zero-order valence-electron chi connectivity index (χ0n) is 9.01. The summed E-state index contributed by atoms with van der Waals surface area (Å²) in [6.07, 6.45) is 6.02. The largest absolute Gasteiger partial charge is 0.224 e. The Morgan fingerprint density at radius 3 is 1.60 bits per heavy atom. The molecule has 15 heavy (non-hydrogen) atoms. The molecule has 0 aromatic carbocycles. The lowest BCUT2D eigenvalue weighted by Gasteiger charge is -2.30. The monoisotopic (exact) mass is 255 g/mol. The van der Waals surface area contributed by atoms with Crippen LogP contribution in [0.3, 0.4) is 0 Å². The first-order chi connectivity index (χ1) is 6.73. The first-order valence-electron chi connectivity index (χ1n) is 4.92. The highest BCUT2D eigenvalue weighted by Gasteiger charge is 2.35. The number of sulfonamides is 2. The van der Waals surface area contributed by atoms with Crippen molar-refractivity contribution in [1.82, 2.24) is 3.71 Å². The van der Waals surface area contributed by atoms with Crippen LogP contribution in [0.2, 0.25) is 0 Å². The molecule has 0 amide bonds. The van der Waals surface area contributed by atoms with Crippen molar-refractivity contribution in [2.45, 2.75) is 38.1 Å². The minimum atomic E-state index is -3.68. The van der Waals surface area contributed by atoms with E-state index in [0.29, 0.717) is 16.6 Å². The van der Waals surface area contributed by atoms with E-state index in [4.69, 9.17) is 0 Å². The Kier molecular flexibility index (Phi) is 3.78. The van der Waals surface area contributed by atoms with E-state index in [1.165, 1.54) is 0 Å². The average Bonchev–Trinajstić information content (AvgIpc) is 2.00. The van der Waals surface area contributed by atoms with Gasteiger partial charge in [-0.3, -0.25) is 0 Å². The summed E-state index contributed by atoms with van der Waals surface area (Å²) in [6, 6.07) is -0.372. The highest BCUT2D eigenvalue weighted by atomic mass is 32.3. The molecule has 90 valence electrons. The zero-order chi connectivity index (χ0) is 11.7. The number of nitrogens with zero attached hydrogens (tertiary/aromatic N) is 1. The summed E-state index contributed by atoms with van der Waals surface area (Å²) in [5, 5.41) is 0. The van der Waals surface area contributed by atoms with Crippen molar-refractivity contribution in [3.05, 3.63) is 0 Å². The van der Waals surface area contributed by atoms with Crippen LogP contribution in [0, 0.1) is 0 Å². The van der Waals surface area contributed by atoms with Crippen LogP contribution in [-0.4, -0.2) is 39.1 Å². The standard InChI is InChI=1S/C8H17NO4S2/c1-14(10,11)9(15(2,12)13)8-6-4-3-5-7-8/h8H,3-7H2,1-2H3. The Balaban J connectivity index is 3.01. The minimum absolute atomic E-state index is 0.372. The maximum absolute atomic E-state index is 11.4. The van der Waals surface area contributed by atoms with Crippen LogP contribution in [0.4, 0.5) is 0 Å². The third-order valence-corrected chi connectivity index (χ3v) is 6.06. The van der Waals surface area contributed by atoms with Gasteiger partial charge in [0.2, 0.25) is 20.0 Å². The van der Waals surface area contributed by atoms with Gasteiger partial charge >= 0.3 is 0 Å². The van der Waals surface area contributed by atoms with Gasteiger partial charge in [-0.15, -0.1) is 0 Å². The van der Waals surface area contributed by atoms with E-state index in [0.717, 1.165) is 31.8 Å². The number of rotatable bonds is 3. The van der Waals surface area contributed by atoms with Gasteiger partial charge in [0, 0.05) is 6.04 Å². The molecule has 1 saturated carbocycles. The highest BCUT2D eigenvalue weighted by Crippen LogP contribution is 2.26. The van der Waals surface area contributed by atoms with Gasteiger partial charge in [0.15, 0.2) is 0 Å². The Hall–Kier alpha value is -0.140. The van der Waals surface area contributed by atoms with E-state index >= 15 is 0 Å². The molecule has 0 radical (unpaired) electrons. The van der Waals surface area contributed by atoms with E-state index in [-0.39, 0.29) is 6.04 Å². The van der Waals surface area contributed by atoms with Crippen LogP contribution >= 0.6 is 0 Å². The molecule has 0 saturated heterocycles. The second kappa shape index (κ2) is 4.39. The number of hydrogen-bond acceptors (Lipinski definition) is 4. The maximum atomic E-state index is 11.4. The van der Waals surface area contributed by atoms with Crippen molar-refractivity contribution >= 4 is 20.0 Å². The Morgan fingerprint density at radius 2 is 1.27 bits per heavy atom. The summed E-state index contributed by atoms with van der Waals surface area (Å²) >= 11 is 0. The van der Waals surface area contributed by atoms with E-state index in [1.807, 2.05) is 0 Å². The molecule has 5 nitrogen and oxygen atoms in total. The van der Waals surface area contributed by atoms with Gasteiger partial charge in [0.05, 0.1) is 12.5 Å². The molecule has 0 aromatic rings. The topological polar surface area (TPSA) is 71.5 Å². The summed E-state index contributed by atoms with van der Waals surface area (Å²) < 4.78 is 46.4. The van der Waals surface area contributed by atoms with Gasteiger partial charge in [-0.05, 0) is 12.8 Å². The summed E-state index contributed by atoms with van der Waals surface area (Å²) in [6.45, 7) is 0. The fraction of sp³-hybridized carbons (Fsp3) is 1.00. The SMILES string of the molecule is CS(=O)(=O)N(C1CCCCC1)S(C)(=O)=O. The lowest BCUT2D eigenvalue weighted by molar-refractivity contribution is 0.331. The van der Waals surface area contributed by atoms with Crippen molar-refractivity contribution in [2.75, 3.05) is 12.5 Å². The molecule has 0 spiro atoms. The van der Waals surface area contributed by atoms with Crippen molar-refractivity contribution in [1.29, 1.82) is 0 Å². The molecule has 7 heteroatoms. The molecule has 0 aromatic heterocycles. The van der Waals surface area contributed by atoms with Crippen LogP contribution in [0.15, 0.2) is 0 Å². The van der Waals surface area contributed by atoms with Gasteiger partial charge in [0.1, 0.15) is 0 Å². The predicted molar refractivity (Wildman–Crippen MR) is 58.4 cm³/mol. The van der Waals surface area contributed by atoms with Crippen LogP contribution in [-0.2, 0) is 20.0 Å². The molecular formula is C8H17NO4S2. The lowest BCUT2D eigenvalue weighted by Crippen LogP contribution is -2.44. The summed E-state index contributed by atoms with van der Waals surface area (Å²) in [5.41, 5.74) is 0. The molecule has 1 fully saturated rings. The smallest absolute Gasteiger partial charge is 0.212 e. The van der Waals surface area contributed by atoms with Gasteiger partial charge in [-0.1, -0.05) is 23.0 Å². The van der Waals surface area contributed by atoms with Crippen molar-refractivity contribution < 1.29 is 16.8 Å². The van der Waals surface area contributed by atoms with Crippen molar-refractivity contribution in [2.24, 2.45) is 0 Å². The normalized spacial score (nSPS) is 20.7. The van der Waals surface area contributed by atoms with Crippen molar-refractivity contribution in [3.8, 4) is 0 Å². The molecule has 0 atom stereocenters. The van der Waals surface area contributed by atoms with Gasteiger partial charge < -0.3 is 0 Å². The molecule has 0 heterocycles. The fourth-order valence-corrected chi connectivity index (χ4v) is 5.55. The van der Waals surface area contributed by atoms with E-state index in [1.54, 1.807) is 0 Å². The van der Waals surface area contributed by atoms with Crippen LogP contribution in [0.25, 0.3) is 0 Å². The molecule has 1 rings (SSSR count). The second-order valence-electron chi connectivity index (χ2n) is 4.04. The summed E-state index contributed by atoms with van der Waals surface area (Å²) in [5.74, 6) is 0. The van der Waals surface area contributed by atoms with Crippen LogP contribution in [0.5, 0.6) is 0 Å². The molecule has 0 aliphatic heterocycles. The van der Waals surface area contributed by atoms with Gasteiger partial charge in [-0.2, -0.15) is 0 Å². The van der Waals surface area contributed by atoms with E-state index < -0.39 is 20.0 Å². The third-order valence-electron chi connectivity index (χ3n) is 2.53. The molecule has 0 bridgehead atoms. The van der Waals surface area contributed by atoms with E-state index in [9.17, 15) is 16.8 Å². The fourth-order valence-electron chi connectivity index (χ4n) is 2.08. The number of hydrogen-bond donors (Lipinski definition) is 0. The maximum Gasteiger partial charge on any atom is 0.224 e. The van der Waals surface area contributed by atoms with Crippen LogP contribution in [0.1, 0.15) is 32.1 Å². The summed E-state index contributed by atoms with van der Waals surface area (Å²) in [7, 11) is -7.35. The Labute approximate surface area is 91.6 Å².